The minimum absolute atomic E-state index is 0.171. The number of aromatic nitrogens is 1. The SMILES string of the molecule is CC(NC(=O)c1ccc2[nH]ccc2c1)c1cccc(F)c1. The predicted molar refractivity (Wildman–Crippen MR) is 80.6 cm³/mol. The summed E-state index contributed by atoms with van der Waals surface area (Å²) in [6.07, 6.45) is 1.84. The van der Waals surface area contributed by atoms with Crippen molar-refractivity contribution in [3.8, 4) is 0 Å². The second-order valence-corrected chi connectivity index (χ2v) is 5.03. The molecule has 2 N–H and O–H groups in total. The molecule has 21 heavy (non-hydrogen) atoms. The van der Waals surface area contributed by atoms with Crippen molar-refractivity contribution in [3.63, 3.8) is 0 Å². The Kier molecular flexibility index (Phi) is 3.44. The number of amides is 1. The normalized spacial score (nSPS) is 12.3. The Bertz CT molecular complexity index is 794. The molecule has 1 atom stereocenters. The molecule has 4 heteroatoms. The standard InChI is InChI=1S/C17H15FN2O/c1-11(12-3-2-4-15(18)10-12)20-17(21)14-5-6-16-13(9-14)7-8-19-16/h2-11,19H,1H3,(H,20,21). The Morgan fingerprint density at radius 3 is 2.86 bits per heavy atom. The van der Waals surface area contributed by atoms with E-state index in [-0.39, 0.29) is 17.8 Å². The largest absolute Gasteiger partial charge is 0.361 e. The van der Waals surface area contributed by atoms with Crippen LogP contribution in [-0.4, -0.2) is 10.9 Å². The number of benzene rings is 2. The van der Waals surface area contributed by atoms with Crippen molar-refractivity contribution in [1.82, 2.24) is 10.3 Å². The predicted octanol–water partition coefficient (Wildman–Crippen LogP) is 3.80. The summed E-state index contributed by atoms with van der Waals surface area (Å²) in [7, 11) is 0. The third-order valence-electron chi connectivity index (χ3n) is 3.51. The fourth-order valence-corrected chi connectivity index (χ4v) is 2.33. The molecule has 1 unspecified atom stereocenters. The van der Waals surface area contributed by atoms with E-state index in [0.29, 0.717) is 5.56 Å². The molecule has 0 saturated heterocycles. The number of carbonyl (C=O) groups is 1. The van der Waals surface area contributed by atoms with E-state index in [4.69, 9.17) is 0 Å². The summed E-state index contributed by atoms with van der Waals surface area (Å²) in [4.78, 5) is 15.3. The number of fused-ring (bicyclic) bond motifs is 1. The number of nitrogens with one attached hydrogen (secondary N) is 2. The van der Waals surface area contributed by atoms with Crippen molar-refractivity contribution in [1.29, 1.82) is 0 Å². The van der Waals surface area contributed by atoms with Crippen LogP contribution < -0.4 is 5.32 Å². The van der Waals surface area contributed by atoms with Gasteiger partial charge in [-0.05, 0) is 48.9 Å². The van der Waals surface area contributed by atoms with Gasteiger partial charge in [0.15, 0.2) is 0 Å². The molecule has 0 aliphatic rings. The first-order chi connectivity index (χ1) is 10.1. The lowest BCUT2D eigenvalue weighted by molar-refractivity contribution is 0.0940. The molecule has 0 spiro atoms. The van der Waals surface area contributed by atoms with Gasteiger partial charge in [0.05, 0.1) is 6.04 Å². The van der Waals surface area contributed by atoms with Crippen molar-refractivity contribution >= 4 is 16.8 Å². The fourth-order valence-electron chi connectivity index (χ4n) is 2.33. The summed E-state index contributed by atoms with van der Waals surface area (Å²) in [5.41, 5.74) is 2.32. The van der Waals surface area contributed by atoms with Crippen LogP contribution in [0.25, 0.3) is 10.9 Å². The Morgan fingerprint density at radius 2 is 2.05 bits per heavy atom. The van der Waals surface area contributed by atoms with Crippen LogP contribution in [0.3, 0.4) is 0 Å². The van der Waals surface area contributed by atoms with E-state index >= 15 is 0 Å². The zero-order valence-corrected chi connectivity index (χ0v) is 11.6. The Morgan fingerprint density at radius 1 is 1.19 bits per heavy atom. The molecule has 0 aliphatic carbocycles. The maximum absolute atomic E-state index is 13.2. The van der Waals surface area contributed by atoms with Crippen molar-refractivity contribution in [3.05, 3.63) is 71.7 Å². The van der Waals surface area contributed by atoms with Crippen LogP contribution in [0.15, 0.2) is 54.7 Å². The Balaban J connectivity index is 1.79. The zero-order chi connectivity index (χ0) is 14.8. The van der Waals surface area contributed by atoms with E-state index in [1.165, 1.54) is 12.1 Å². The lowest BCUT2D eigenvalue weighted by atomic mass is 10.1. The number of rotatable bonds is 3. The number of hydrogen-bond donors (Lipinski definition) is 2. The van der Waals surface area contributed by atoms with Crippen molar-refractivity contribution in [2.75, 3.05) is 0 Å². The molecular formula is C17H15FN2O. The van der Waals surface area contributed by atoms with Gasteiger partial charge in [-0.25, -0.2) is 4.39 Å². The van der Waals surface area contributed by atoms with Crippen LogP contribution in [0.5, 0.6) is 0 Å². The molecule has 0 bridgehead atoms. The third kappa shape index (κ3) is 2.79. The first kappa shape index (κ1) is 13.4. The minimum Gasteiger partial charge on any atom is -0.361 e. The van der Waals surface area contributed by atoms with Gasteiger partial charge in [-0.3, -0.25) is 4.79 Å². The molecule has 3 rings (SSSR count). The molecule has 106 valence electrons. The van der Waals surface area contributed by atoms with Gasteiger partial charge < -0.3 is 10.3 Å². The van der Waals surface area contributed by atoms with E-state index in [0.717, 1.165) is 16.5 Å². The van der Waals surface area contributed by atoms with Crippen molar-refractivity contribution < 1.29 is 9.18 Å². The summed E-state index contributed by atoms with van der Waals surface area (Å²) in [5, 5.41) is 3.87. The van der Waals surface area contributed by atoms with Gasteiger partial charge in [-0.15, -0.1) is 0 Å². The first-order valence-corrected chi connectivity index (χ1v) is 6.77. The van der Waals surface area contributed by atoms with Gasteiger partial charge in [0.1, 0.15) is 5.82 Å². The molecule has 1 amide bonds. The fraction of sp³-hybridized carbons (Fsp3) is 0.118. The third-order valence-corrected chi connectivity index (χ3v) is 3.51. The topological polar surface area (TPSA) is 44.9 Å². The molecule has 3 aromatic rings. The smallest absolute Gasteiger partial charge is 0.251 e. The minimum atomic E-state index is -0.303. The van der Waals surface area contributed by atoms with Crippen LogP contribution in [0.2, 0.25) is 0 Å². The average molecular weight is 282 g/mol. The number of H-pyrrole nitrogens is 1. The number of hydrogen-bond acceptors (Lipinski definition) is 1. The second-order valence-electron chi connectivity index (χ2n) is 5.03. The van der Waals surface area contributed by atoms with E-state index in [2.05, 4.69) is 10.3 Å². The van der Waals surface area contributed by atoms with Gasteiger partial charge in [-0.1, -0.05) is 12.1 Å². The summed E-state index contributed by atoms with van der Waals surface area (Å²) in [6, 6.07) is 13.4. The van der Waals surface area contributed by atoms with Crippen molar-refractivity contribution in [2.24, 2.45) is 0 Å². The molecule has 0 aliphatic heterocycles. The monoisotopic (exact) mass is 282 g/mol. The summed E-state index contributed by atoms with van der Waals surface area (Å²) in [6.45, 7) is 1.83. The second kappa shape index (κ2) is 5.40. The highest BCUT2D eigenvalue weighted by atomic mass is 19.1. The highest BCUT2D eigenvalue weighted by molar-refractivity contribution is 5.98. The highest BCUT2D eigenvalue weighted by Crippen LogP contribution is 2.17. The van der Waals surface area contributed by atoms with E-state index in [1.54, 1.807) is 18.2 Å². The van der Waals surface area contributed by atoms with E-state index < -0.39 is 0 Å². The molecule has 2 aromatic carbocycles. The summed E-state index contributed by atoms with van der Waals surface area (Å²) >= 11 is 0. The molecule has 0 radical (unpaired) electrons. The van der Waals surface area contributed by atoms with Gasteiger partial charge in [0, 0.05) is 22.7 Å². The average Bonchev–Trinajstić information content (AvgIpc) is 2.94. The first-order valence-electron chi connectivity index (χ1n) is 6.77. The van der Waals surface area contributed by atoms with Crippen LogP contribution >= 0.6 is 0 Å². The number of aromatic amines is 1. The molecule has 1 heterocycles. The Labute approximate surface area is 121 Å². The van der Waals surface area contributed by atoms with Gasteiger partial charge in [-0.2, -0.15) is 0 Å². The van der Waals surface area contributed by atoms with Crippen LogP contribution in [0.1, 0.15) is 28.9 Å². The Hall–Kier alpha value is -2.62. The van der Waals surface area contributed by atoms with E-state index in [9.17, 15) is 9.18 Å². The number of halogens is 1. The van der Waals surface area contributed by atoms with Crippen LogP contribution in [0, 0.1) is 5.82 Å². The zero-order valence-electron chi connectivity index (χ0n) is 11.6. The molecule has 0 fully saturated rings. The quantitative estimate of drug-likeness (QED) is 0.754. The molecule has 1 aromatic heterocycles. The molecule has 3 nitrogen and oxygen atoms in total. The number of carbonyl (C=O) groups excluding carboxylic acids is 1. The van der Waals surface area contributed by atoms with Gasteiger partial charge >= 0.3 is 0 Å². The van der Waals surface area contributed by atoms with Crippen LogP contribution in [-0.2, 0) is 0 Å². The summed E-state index contributed by atoms with van der Waals surface area (Å²) in [5.74, 6) is -0.475. The molecule has 0 saturated carbocycles. The van der Waals surface area contributed by atoms with Crippen LogP contribution in [0.4, 0.5) is 4.39 Å². The van der Waals surface area contributed by atoms with Gasteiger partial charge in [0.25, 0.3) is 5.91 Å². The lowest BCUT2D eigenvalue weighted by Crippen LogP contribution is -2.26. The van der Waals surface area contributed by atoms with Crippen molar-refractivity contribution in [2.45, 2.75) is 13.0 Å². The maximum atomic E-state index is 13.2. The highest BCUT2D eigenvalue weighted by Gasteiger charge is 2.12. The van der Waals surface area contributed by atoms with E-state index in [1.807, 2.05) is 31.3 Å². The maximum Gasteiger partial charge on any atom is 0.251 e. The molecular weight excluding hydrogens is 267 g/mol. The van der Waals surface area contributed by atoms with Gasteiger partial charge in [0.2, 0.25) is 0 Å². The lowest BCUT2D eigenvalue weighted by Gasteiger charge is -2.14. The summed E-state index contributed by atoms with van der Waals surface area (Å²) < 4.78 is 13.2.